The maximum atomic E-state index is 11.9. The lowest BCUT2D eigenvalue weighted by atomic mass is 9.75. The summed E-state index contributed by atoms with van der Waals surface area (Å²) in [5.74, 6) is 9.02. The standard InChI is InChI=1S/C25H33NOS/c1-18-7-10-20(11-8-18)22-13-14-26(2)16-24(22)23-15-21(28-25(23)17-27)12-9-19-5-3-4-6-19/h15,17-20H,3-8,10-11,13-14,16H2,1-2H3. The molecular formula is C25H33NOS. The molecule has 0 saturated heterocycles. The highest BCUT2D eigenvalue weighted by Crippen LogP contribution is 2.41. The molecule has 1 aromatic rings. The van der Waals surface area contributed by atoms with Gasteiger partial charge >= 0.3 is 0 Å². The van der Waals surface area contributed by atoms with Crippen molar-refractivity contribution in [1.82, 2.24) is 4.90 Å². The molecule has 150 valence electrons. The number of thiophene rings is 1. The normalized spacial score (nSPS) is 26.9. The van der Waals surface area contributed by atoms with Crippen molar-refractivity contribution in [1.29, 1.82) is 0 Å². The fraction of sp³-hybridized carbons (Fsp3) is 0.640. The Balaban J connectivity index is 1.66. The summed E-state index contributed by atoms with van der Waals surface area (Å²) >= 11 is 1.59. The van der Waals surface area contributed by atoms with Gasteiger partial charge in [0, 0.05) is 24.6 Å². The van der Waals surface area contributed by atoms with Crippen LogP contribution in [0.4, 0.5) is 0 Å². The van der Waals surface area contributed by atoms with Gasteiger partial charge < -0.3 is 4.90 Å². The predicted molar refractivity (Wildman–Crippen MR) is 119 cm³/mol. The highest BCUT2D eigenvalue weighted by molar-refractivity contribution is 7.14. The first-order valence-electron chi connectivity index (χ1n) is 11.2. The van der Waals surface area contributed by atoms with Crippen molar-refractivity contribution in [2.24, 2.45) is 17.8 Å². The van der Waals surface area contributed by atoms with E-state index in [2.05, 4.69) is 36.8 Å². The van der Waals surface area contributed by atoms with E-state index in [1.54, 1.807) is 16.9 Å². The zero-order chi connectivity index (χ0) is 19.5. The first kappa shape index (κ1) is 19.9. The molecule has 2 heterocycles. The Morgan fingerprint density at radius 2 is 1.89 bits per heavy atom. The Morgan fingerprint density at radius 3 is 2.61 bits per heavy atom. The summed E-state index contributed by atoms with van der Waals surface area (Å²) in [7, 11) is 2.20. The van der Waals surface area contributed by atoms with E-state index < -0.39 is 0 Å². The van der Waals surface area contributed by atoms with E-state index in [4.69, 9.17) is 0 Å². The molecule has 4 rings (SSSR count). The number of carbonyl (C=O) groups excluding carboxylic acids is 1. The summed E-state index contributed by atoms with van der Waals surface area (Å²) in [5.41, 5.74) is 4.25. The molecule has 0 radical (unpaired) electrons. The molecule has 2 aliphatic carbocycles. The number of likely N-dealkylation sites (N-methyl/N-ethyl adjacent to an activating group) is 1. The van der Waals surface area contributed by atoms with Gasteiger partial charge in [-0.1, -0.05) is 50.0 Å². The molecule has 2 fully saturated rings. The number of aldehydes is 1. The van der Waals surface area contributed by atoms with Gasteiger partial charge in [0.15, 0.2) is 6.29 Å². The van der Waals surface area contributed by atoms with Gasteiger partial charge in [0.25, 0.3) is 0 Å². The number of hydrogen-bond donors (Lipinski definition) is 0. The minimum Gasteiger partial charge on any atom is -0.302 e. The van der Waals surface area contributed by atoms with Crippen LogP contribution in [0.1, 0.15) is 84.8 Å². The van der Waals surface area contributed by atoms with E-state index in [0.717, 1.165) is 41.5 Å². The van der Waals surface area contributed by atoms with Crippen LogP contribution in [0, 0.1) is 29.6 Å². The highest BCUT2D eigenvalue weighted by atomic mass is 32.1. The lowest BCUT2D eigenvalue weighted by Gasteiger charge is -2.35. The van der Waals surface area contributed by atoms with E-state index in [1.807, 2.05) is 0 Å². The molecule has 2 nitrogen and oxygen atoms in total. The average molecular weight is 396 g/mol. The fourth-order valence-corrected chi connectivity index (χ4v) is 6.13. The van der Waals surface area contributed by atoms with Crippen molar-refractivity contribution < 1.29 is 4.79 Å². The summed E-state index contributed by atoms with van der Waals surface area (Å²) in [5, 5.41) is 0. The molecule has 0 unspecified atom stereocenters. The van der Waals surface area contributed by atoms with Crippen molar-refractivity contribution in [3.63, 3.8) is 0 Å². The monoisotopic (exact) mass is 395 g/mol. The largest absolute Gasteiger partial charge is 0.302 e. The molecule has 1 aromatic heterocycles. The van der Waals surface area contributed by atoms with E-state index in [9.17, 15) is 4.79 Å². The van der Waals surface area contributed by atoms with Crippen LogP contribution in [0.25, 0.3) is 5.57 Å². The maximum absolute atomic E-state index is 11.9. The molecule has 28 heavy (non-hydrogen) atoms. The van der Waals surface area contributed by atoms with Crippen LogP contribution in [0.2, 0.25) is 0 Å². The molecule has 0 amide bonds. The van der Waals surface area contributed by atoms with Crippen molar-refractivity contribution in [3.05, 3.63) is 27.0 Å². The lowest BCUT2D eigenvalue weighted by Crippen LogP contribution is -2.30. The van der Waals surface area contributed by atoms with Gasteiger partial charge in [-0.25, -0.2) is 0 Å². The molecule has 1 aliphatic heterocycles. The van der Waals surface area contributed by atoms with Gasteiger partial charge in [0.1, 0.15) is 0 Å². The number of nitrogens with zero attached hydrogens (tertiary/aromatic N) is 1. The molecule has 0 bridgehead atoms. The second-order valence-electron chi connectivity index (χ2n) is 9.21. The maximum Gasteiger partial charge on any atom is 0.160 e. The summed E-state index contributed by atoms with van der Waals surface area (Å²) in [6.07, 6.45) is 12.7. The van der Waals surface area contributed by atoms with Crippen molar-refractivity contribution in [3.8, 4) is 11.8 Å². The third-order valence-electron chi connectivity index (χ3n) is 7.03. The van der Waals surface area contributed by atoms with E-state index in [1.165, 1.54) is 62.5 Å². The second kappa shape index (κ2) is 8.97. The number of carbonyl (C=O) groups is 1. The molecule has 0 aromatic carbocycles. The minimum absolute atomic E-state index is 0.560. The summed E-state index contributed by atoms with van der Waals surface area (Å²) in [6, 6.07) is 2.22. The minimum atomic E-state index is 0.560. The quantitative estimate of drug-likeness (QED) is 0.461. The van der Waals surface area contributed by atoms with E-state index in [-0.39, 0.29) is 0 Å². The van der Waals surface area contributed by atoms with Gasteiger partial charge in [0.05, 0.1) is 9.75 Å². The van der Waals surface area contributed by atoms with Crippen molar-refractivity contribution >= 4 is 23.2 Å². The van der Waals surface area contributed by atoms with Gasteiger partial charge in [0.2, 0.25) is 0 Å². The van der Waals surface area contributed by atoms with Crippen LogP contribution < -0.4 is 0 Å². The van der Waals surface area contributed by atoms with Crippen LogP contribution in [0.3, 0.4) is 0 Å². The van der Waals surface area contributed by atoms with Crippen LogP contribution in [0.15, 0.2) is 11.6 Å². The lowest BCUT2D eigenvalue weighted by molar-refractivity contribution is 0.112. The number of rotatable bonds is 3. The van der Waals surface area contributed by atoms with Gasteiger partial charge in [-0.2, -0.15) is 0 Å². The smallest absolute Gasteiger partial charge is 0.160 e. The van der Waals surface area contributed by atoms with E-state index in [0.29, 0.717) is 11.8 Å². The van der Waals surface area contributed by atoms with Crippen molar-refractivity contribution in [2.45, 2.75) is 64.7 Å². The Morgan fingerprint density at radius 1 is 1.14 bits per heavy atom. The number of hydrogen-bond acceptors (Lipinski definition) is 3. The van der Waals surface area contributed by atoms with Crippen LogP contribution in [-0.2, 0) is 0 Å². The SMILES string of the molecule is CC1CCC(C2=C(c3cc(C#CC4CCCC4)sc3C=O)CN(C)CC2)CC1. The first-order valence-corrected chi connectivity index (χ1v) is 12.0. The Hall–Kier alpha value is -1.37. The van der Waals surface area contributed by atoms with Crippen LogP contribution in [-0.4, -0.2) is 31.3 Å². The zero-order valence-electron chi connectivity index (χ0n) is 17.4. The topological polar surface area (TPSA) is 20.3 Å². The molecule has 3 heteroatoms. The zero-order valence-corrected chi connectivity index (χ0v) is 18.2. The predicted octanol–water partition coefficient (Wildman–Crippen LogP) is 6.02. The van der Waals surface area contributed by atoms with Crippen LogP contribution >= 0.6 is 11.3 Å². The Bertz CT molecular complexity index is 794. The fourth-order valence-electron chi connectivity index (χ4n) is 5.26. The van der Waals surface area contributed by atoms with Crippen LogP contribution in [0.5, 0.6) is 0 Å². The average Bonchev–Trinajstić information content (AvgIpc) is 3.36. The third-order valence-corrected chi connectivity index (χ3v) is 8.01. The molecule has 0 N–H and O–H groups in total. The molecule has 0 spiro atoms. The van der Waals surface area contributed by atoms with Gasteiger partial charge in [-0.05, 0) is 62.6 Å². The summed E-state index contributed by atoms with van der Waals surface area (Å²) < 4.78 is 0. The second-order valence-corrected chi connectivity index (χ2v) is 10.3. The first-order chi connectivity index (χ1) is 13.6. The molecular weight excluding hydrogens is 362 g/mol. The molecule has 2 saturated carbocycles. The highest BCUT2D eigenvalue weighted by Gasteiger charge is 2.28. The van der Waals surface area contributed by atoms with E-state index >= 15 is 0 Å². The third kappa shape index (κ3) is 4.44. The molecule has 3 aliphatic rings. The van der Waals surface area contributed by atoms with Gasteiger partial charge in [-0.3, -0.25) is 4.79 Å². The Kier molecular flexibility index (Phi) is 6.38. The van der Waals surface area contributed by atoms with Gasteiger partial charge in [-0.15, -0.1) is 11.3 Å². The Labute approximate surface area is 174 Å². The summed E-state index contributed by atoms with van der Waals surface area (Å²) in [4.78, 5) is 16.2. The summed E-state index contributed by atoms with van der Waals surface area (Å²) in [6.45, 7) is 4.49. The molecule has 0 atom stereocenters. The van der Waals surface area contributed by atoms with Crippen molar-refractivity contribution in [2.75, 3.05) is 20.1 Å².